The van der Waals surface area contributed by atoms with Crippen LogP contribution in [0, 0.1) is 0 Å². The monoisotopic (exact) mass is 173 g/mol. The van der Waals surface area contributed by atoms with Gasteiger partial charge in [-0.15, -0.1) is 0 Å². The Morgan fingerprint density at radius 2 is 2.17 bits per heavy atom. The summed E-state index contributed by atoms with van der Waals surface area (Å²) in [6, 6.07) is 0. The van der Waals surface area contributed by atoms with Gasteiger partial charge in [0.05, 0.1) is 12.7 Å². The number of hydrogen-bond donors (Lipinski definition) is 2. The van der Waals surface area contributed by atoms with E-state index in [1.807, 2.05) is 6.92 Å². The first-order valence-electron chi connectivity index (χ1n) is 4.74. The minimum Gasteiger partial charge on any atom is -0.394 e. The van der Waals surface area contributed by atoms with Gasteiger partial charge in [0.25, 0.3) is 0 Å². The van der Waals surface area contributed by atoms with Gasteiger partial charge in [-0.05, 0) is 26.3 Å². The zero-order valence-corrected chi connectivity index (χ0v) is 7.97. The highest BCUT2D eigenvalue weighted by Gasteiger charge is 2.43. The van der Waals surface area contributed by atoms with E-state index >= 15 is 0 Å². The first-order chi connectivity index (χ1) is 5.76. The molecule has 0 amide bonds. The van der Waals surface area contributed by atoms with Gasteiger partial charge in [0, 0.05) is 12.1 Å². The molecule has 1 rings (SSSR count). The zero-order chi connectivity index (χ0) is 9.03. The molecule has 2 N–H and O–H groups in total. The van der Waals surface area contributed by atoms with Gasteiger partial charge in [-0.25, -0.2) is 0 Å². The molecule has 0 atom stereocenters. The maximum atomic E-state index is 9.14. The second kappa shape index (κ2) is 4.21. The van der Waals surface area contributed by atoms with Crippen LogP contribution in [0.4, 0.5) is 0 Å². The Hall–Kier alpha value is -0.120. The summed E-state index contributed by atoms with van der Waals surface area (Å²) in [6.07, 6.45) is 2.26. The summed E-state index contributed by atoms with van der Waals surface area (Å²) >= 11 is 0. The summed E-state index contributed by atoms with van der Waals surface area (Å²) < 4.78 is 5.43. The van der Waals surface area contributed by atoms with Crippen LogP contribution in [0.15, 0.2) is 0 Å². The fraction of sp³-hybridized carbons (Fsp3) is 1.00. The third kappa shape index (κ3) is 1.97. The van der Waals surface area contributed by atoms with Crippen LogP contribution in [-0.4, -0.2) is 36.5 Å². The fourth-order valence-electron chi connectivity index (χ4n) is 1.87. The van der Waals surface area contributed by atoms with Gasteiger partial charge in [-0.2, -0.15) is 0 Å². The molecule has 12 heavy (non-hydrogen) atoms. The van der Waals surface area contributed by atoms with E-state index in [9.17, 15) is 0 Å². The van der Waals surface area contributed by atoms with Crippen molar-refractivity contribution in [2.45, 2.75) is 38.3 Å². The maximum absolute atomic E-state index is 9.14. The van der Waals surface area contributed by atoms with Crippen LogP contribution < -0.4 is 5.32 Å². The number of aliphatic hydroxyl groups excluding tert-OH is 1. The summed E-state index contributed by atoms with van der Waals surface area (Å²) in [5, 5.41) is 12.4. The van der Waals surface area contributed by atoms with Crippen LogP contribution in [-0.2, 0) is 4.74 Å². The summed E-state index contributed by atoms with van der Waals surface area (Å²) in [4.78, 5) is 0. The summed E-state index contributed by atoms with van der Waals surface area (Å²) in [6.45, 7) is 5.99. The highest BCUT2D eigenvalue weighted by Crippen LogP contribution is 2.33. The van der Waals surface area contributed by atoms with Crippen molar-refractivity contribution in [3.8, 4) is 0 Å². The maximum Gasteiger partial charge on any atom is 0.0615 e. The lowest BCUT2D eigenvalue weighted by molar-refractivity contribution is -0.0684. The van der Waals surface area contributed by atoms with E-state index in [-0.39, 0.29) is 12.1 Å². The average molecular weight is 173 g/mol. The molecule has 0 aromatic rings. The molecule has 0 heterocycles. The molecule has 1 fully saturated rings. The number of likely N-dealkylation sites (N-methyl/N-ethyl adjacent to an activating group) is 1. The van der Waals surface area contributed by atoms with Crippen molar-refractivity contribution in [1.82, 2.24) is 5.32 Å². The normalized spacial score (nSPS) is 34.8. The molecule has 1 aliphatic carbocycles. The van der Waals surface area contributed by atoms with Gasteiger partial charge >= 0.3 is 0 Å². The van der Waals surface area contributed by atoms with Crippen molar-refractivity contribution in [2.24, 2.45) is 0 Å². The Labute approximate surface area is 74.1 Å². The second-order valence-corrected chi connectivity index (χ2v) is 3.45. The quantitative estimate of drug-likeness (QED) is 0.637. The van der Waals surface area contributed by atoms with Crippen molar-refractivity contribution < 1.29 is 9.84 Å². The summed E-state index contributed by atoms with van der Waals surface area (Å²) in [5.41, 5.74) is -0.0331. The van der Waals surface area contributed by atoms with Crippen molar-refractivity contribution in [3.63, 3.8) is 0 Å². The average Bonchev–Trinajstić information content (AvgIpc) is 2.01. The van der Waals surface area contributed by atoms with Crippen LogP contribution in [0.1, 0.15) is 26.7 Å². The second-order valence-electron chi connectivity index (χ2n) is 3.45. The van der Waals surface area contributed by atoms with Gasteiger partial charge in [0.2, 0.25) is 0 Å². The fourth-order valence-corrected chi connectivity index (χ4v) is 1.87. The Kier molecular flexibility index (Phi) is 3.50. The van der Waals surface area contributed by atoms with Crippen molar-refractivity contribution >= 4 is 0 Å². The Morgan fingerprint density at radius 3 is 2.58 bits per heavy atom. The van der Waals surface area contributed by atoms with Gasteiger partial charge in [0.1, 0.15) is 0 Å². The van der Waals surface area contributed by atoms with E-state index in [4.69, 9.17) is 9.84 Å². The lowest BCUT2D eigenvalue weighted by atomic mass is 9.74. The molecule has 0 aromatic heterocycles. The lowest BCUT2D eigenvalue weighted by Crippen LogP contribution is -2.60. The Balaban J connectivity index is 2.25. The first-order valence-corrected chi connectivity index (χ1v) is 4.74. The van der Waals surface area contributed by atoms with Crippen LogP contribution in [0.25, 0.3) is 0 Å². The summed E-state index contributed by atoms with van der Waals surface area (Å²) in [7, 11) is 0. The van der Waals surface area contributed by atoms with Gasteiger partial charge in [-0.1, -0.05) is 6.92 Å². The molecule has 0 unspecified atom stereocenters. The molecule has 0 spiro atoms. The minimum absolute atomic E-state index is 0.0331. The molecule has 0 aliphatic heterocycles. The van der Waals surface area contributed by atoms with E-state index in [1.165, 1.54) is 0 Å². The van der Waals surface area contributed by atoms with Crippen LogP contribution >= 0.6 is 0 Å². The molecule has 0 radical (unpaired) electrons. The molecule has 3 nitrogen and oxygen atoms in total. The van der Waals surface area contributed by atoms with Crippen LogP contribution in [0.3, 0.4) is 0 Å². The molecule has 1 aliphatic rings. The predicted molar refractivity (Wildman–Crippen MR) is 48.1 cm³/mol. The minimum atomic E-state index is -0.0331. The Bertz CT molecular complexity index is 132. The highest BCUT2D eigenvalue weighted by molar-refractivity contribution is 5.01. The molecule has 72 valence electrons. The molecule has 3 heteroatoms. The van der Waals surface area contributed by atoms with Crippen molar-refractivity contribution in [3.05, 3.63) is 0 Å². The standard InChI is InChI=1S/C9H19NO2/c1-3-10-9(7-11)5-8(6-9)12-4-2/h8,10-11H,3-7H2,1-2H3. The van der Waals surface area contributed by atoms with Crippen molar-refractivity contribution in [2.75, 3.05) is 19.8 Å². The smallest absolute Gasteiger partial charge is 0.0615 e. The van der Waals surface area contributed by atoms with Gasteiger partial charge < -0.3 is 15.2 Å². The SMILES string of the molecule is CCNC1(CO)CC(OCC)C1. The number of nitrogens with one attached hydrogen (secondary N) is 1. The van der Waals surface area contributed by atoms with Gasteiger partial charge in [-0.3, -0.25) is 0 Å². The Morgan fingerprint density at radius 1 is 1.50 bits per heavy atom. The molecular formula is C9H19NO2. The number of rotatable bonds is 5. The number of aliphatic hydroxyl groups is 1. The highest BCUT2D eigenvalue weighted by atomic mass is 16.5. The largest absolute Gasteiger partial charge is 0.394 e. The third-order valence-corrected chi connectivity index (χ3v) is 2.49. The molecule has 0 aromatic carbocycles. The topological polar surface area (TPSA) is 41.5 Å². The molecule has 1 saturated carbocycles. The van der Waals surface area contributed by atoms with E-state index in [2.05, 4.69) is 12.2 Å². The van der Waals surface area contributed by atoms with E-state index in [1.54, 1.807) is 0 Å². The third-order valence-electron chi connectivity index (χ3n) is 2.49. The molecule has 0 saturated heterocycles. The summed E-state index contributed by atoms with van der Waals surface area (Å²) in [5.74, 6) is 0. The molecule has 0 bridgehead atoms. The van der Waals surface area contributed by atoms with Gasteiger partial charge in [0.15, 0.2) is 0 Å². The molecular weight excluding hydrogens is 154 g/mol. The number of ether oxygens (including phenoxy) is 1. The number of hydrogen-bond acceptors (Lipinski definition) is 3. The van der Waals surface area contributed by atoms with Crippen LogP contribution in [0.2, 0.25) is 0 Å². The van der Waals surface area contributed by atoms with E-state index < -0.39 is 0 Å². The lowest BCUT2D eigenvalue weighted by Gasteiger charge is -2.46. The van der Waals surface area contributed by atoms with Crippen molar-refractivity contribution in [1.29, 1.82) is 0 Å². The zero-order valence-electron chi connectivity index (χ0n) is 7.97. The van der Waals surface area contributed by atoms with E-state index in [0.29, 0.717) is 6.10 Å². The van der Waals surface area contributed by atoms with Crippen LogP contribution in [0.5, 0.6) is 0 Å². The van der Waals surface area contributed by atoms with E-state index in [0.717, 1.165) is 26.0 Å². The predicted octanol–water partition coefficient (Wildman–Crippen LogP) is 0.526. The first kappa shape index (κ1) is 9.96.